The van der Waals surface area contributed by atoms with E-state index in [1.165, 1.54) is 55.7 Å². The third-order valence-electron chi connectivity index (χ3n) is 7.25. The van der Waals surface area contributed by atoms with Crippen LogP contribution in [0.25, 0.3) is 0 Å². The van der Waals surface area contributed by atoms with Crippen LogP contribution in [-0.2, 0) is 20.0 Å². The number of nitrogens with one attached hydrogen (secondary N) is 2. The van der Waals surface area contributed by atoms with Crippen LogP contribution in [0.2, 0.25) is 0 Å². The molecule has 0 spiro atoms. The summed E-state index contributed by atoms with van der Waals surface area (Å²) in [4.78, 5) is 0.258. The Hall–Kier alpha value is -2.10. The Balaban J connectivity index is 1.29. The zero-order valence-electron chi connectivity index (χ0n) is 18.7. The van der Waals surface area contributed by atoms with Gasteiger partial charge in [-0.25, -0.2) is 21.6 Å². The van der Waals surface area contributed by atoms with E-state index in [1.807, 2.05) is 6.92 Å². The summed E-state index contributed by atoms with van der Waals surface area (Å²) in [6, 6.07) is 12.0. The van der Waals surface area contributed by atoms with Crippen LogP contribution < -0.4 is 14.2 Å². The van der Waals surface area contributed by atoms with Gasteiger partial charge in [0.2, 0.25) is 10.0 Å². The fourth-order valence-electron chi connectivity index (χ4n) is 6.38. The van der Waals surface area contributed by atoms with Gasteiger partial charge in [0.15, 0.2) is 0 Å². The van der Waals surface area contributed by atoms with Gasteiger partial charge in [0.25, 0.3) is 10.0 Å². The molecule has 0 atom stereocenters. The Labute approximate surface area is 196 Å². The minimum Gasteiger partial charge on any atom is -0.494 e. The minimum absolute atomic E-state index is 0.103. The zero-order chi connectivity index (χ0) is 23.3. The number of anilines is 1. The molecule has 4 aliphatic rings. The second-order valence-electron chi connectivity index (χ2n) is 9.84. The van der Waals surface area contributed by atoms with E-state index in [9.17, 15) is 16.8 Å². The minimum atomic E-state index is -3.80. The first-order valence-electron chi connectivity index (χ1n) is 11.6. The van der Waals surface area contributed by atoms with Crippen LogP contribution in [0.1, 0.15) is 45.4 Å². The highest BCUT2D eigenvalue weighted by molar-refractivity contribution is 7.92. The molecule has 6 rings (SSSR count). The fraction of sp³-hybridized carbons (Fsp3) is 0.500. The van der Waals surface area contributed by atoms with E-state index < -0.39 is 20.0 Å². The lowest BCUT2D eigenvalue weighted by Gasteiger charge is -2.56. The maximum absolute atomic E-state index is 13.2. The van der Waals surface area contributed by atoms with Crippen LogP contribution in [0.3, 0.4) is 0 Å². The van der Waals surface area contributed by atoms with Crippen LogP contribution >= 0.6 is 0 Å². The highest BCUT2D eigenvalue weighted by Gasteiger charge is 2.52. The van der Waals surface area contributed by atoms with E-state index in [-0.39, 0.29) is 15.3 Å². The van der Waals surface area contributed by atoms with E-state index >= 15 is 0 Å². The summed E-state index contributed by atoms with van der Waals surface area (Å²) in [6.45, 7) is 2.35. The van der Waals surface area contributed by atoms with Crippen molar-refractivity contribution < 1.29 is 21.6 Å². The largest absolute Gasteiger partial charge is 0.494 e. The molecule has 2 aromatic carbocycles. The Kier molecular flexibility index (Phi) is 5.69. The Bertz CT molecular complexity index is 1190. The summed E-state index contributed by atoms with van der Waals surface area (Å²) in [5.74, 6) is 2.51. The summed E-state index contributed by atoms with van der Waals surface area (Å²) in [5, 5.41) is 0. The molecular weight excluding hydrogens is 460 g/mol. The SMILES string of the molecule is CCOc1ccc(S(=O)(=O)Nc2ccc(S(=O)(=O)NC34CC5CC(CC(C5)C3)C4)cc2)cc1. The predicted octanol–water partition coefficient (Wildman–Crippen LogP) is 4.13. The van der Waals surface area contributed by atoms with E-state index in [2.05, 4.69) is 9.44 Å². The topological polar surface area (TPSA) is 102 Å². The van der Waals surface area contributed by atoms with Crippen LogP contribution in [0.4, 0.5) is 5.69 Å². The first-order valence-corrected chi connectivity index (χ1v) is 14.5. The van der Waals surface area contributed by atoms with Crippen LogP contribution in [0, 0.1) is 17.8 Å². The van der Waals surface area contributed by atoms with Crippen molar-refractivity contribution in [2.24, 2.45) is 17.8 Å². The maximum atomic E-state index is 13.2. The van der Waals surface area contributed by atoms with E-state index in [1.54, 1.807) is 12.1 Å². The smallest absolute Gasteiger partial charge is 0.261 e. The molecule has 7 nitrogen and oxygen atoms in total. The molecule has 0 heterocycles. The van der Waals surface area contributed by atoms with Gasteiger partial charge in [-0.15, -0.1) is 0 Å². The summed E-state index contributed by atoms with van der Waals surface area (Å²) in [7, 11) is -7.49. The van der Waals surface area contributed by atoms with Gasteiger partial charge in [0.1, 0.15) is 5.75 Å². The number of hydrogen-bond donors (Lipinski definition) is 2. The highest BCUT2D eigenvalue weighted by Crippen LogP contribution is 2.56. The molecule has 0 saturated heterocycles. The van der Waals surface area contributed by atoms with Gasteiger partial charge in [-0.1, -0.05) is 0 Å². The molecule has 33 heavy (non-hydrogen) atoms. The van der Waals surface area contributed by atoms with Crippen LogP contribution in [-0.4, -0.2) is 29.0 Å². The van der Waals surface area contributed by atoms with Gasteiger partial charge in [0.05, 0.1) is 16.4 Å². The molecule has 0 aliphatic heterocycles. The summed E-state index contributed by atoms with van der Waals surface area (Å²) in [5.41, 5.74) is -0.0146. The molecule has 4 aliphatic carbocycles. The van der Waals surface area contributed by atoms with Gasteiger partial charge in [-0.05, 0) is 112 Å². The molecule has 178 valence electrons. The molecule has 4 bridgehead atoms. The first kappa shape index (κ1) is 22.7. The lowest BCUT2D eigenvalue weighted by atomic mass is 9.53. The van der Waals surface area contributed by atoms with E-state index in [0.29, 0.717) is 35.8 Å². The van der Waals surface area contributed by atoms with Crippen molar-refractivity contribution in [2.75, 3.05) is 11.3 Å². The number of sulfonamides is 2. The van der Waals surface area contributed by atoms with Crippen LogP contribution in [0.15, 0.2) is 58.3 Å². The molecular formula is C24H30N2O5S2. The number of ether oxygens (including phenoxy) is 1. The van der Waals surface area contributed by atoms with E-state index in [0.717, 1.165) is 19.3 Å². The second-order valence-corrected chi connectivity index (χ2v) is 13.2. The maximum Gasteiger partial charge on any atom is 0.261 e. The highest BCUT2D eigenvalue weighted by atomic mass is 32.2. The summed E-state index contributed by atoms with van der Waals surface area (Å²) < 4.78 is 62.6. The molecule has 0 amide bonds. The Morgan fingerprint density at radius 3 is 1.79 bits per heavy atom. The molecule has 0 aromatic heterocycles. The van der Waals surface area contributed by atoms with Gasteiger partial charge in [-0.3, -0.25) is 4.72 Å². The van der Waals surface area contributed by atoms with Gasteiger partial charge >= 0.3 is 0 Å². The molecule has 4 saturated carbocycles. The molecule has 0 radical (unpaired) electrons. The normalized spacial score (nSPS) is 28.6. The quantitative estimate of drug-likeness (QED) is 0.579. The molecule has 4 fully saturated rings. The molecule has 2 aromatic rings. The monoisotopic (exact) mass is 490 g/mol. The molecule has 2 N–H and O–H groups in total. The third kappa shape index (κ3) is 4.63. The van der Waals surface area contributed by atoms with Gasteiger partial charge < -0.3 is 4.74 Å². The number of hydrogen-bond acceptors (Lipinski definition) is 5. The average molecular weight is 491 g/mol. The number of rotatable bonds is 8. The van der Waals surface area contributed by atoms with E-state index in [4.69, 9.17) is 4.74 Å². The van der Waals surface area contributed by atoms with Crippen molar-refractivity contribution in [1.29, 1.82) is 0 Å². The van der Waals surface area contributed by atoms with Gasteiger partial charge in [0, 0.05) is 11.2 Å². The molecule has 0 unspecified atom stereocenters. The molecule has 9 heteroatoms. The second kappa shape index (κ2) is 8.29. The number of benzene rings is 2. The first-order chi connectivity index (χ1) is 15.7. The zero-order valence-corrected chi connectivity index (χ0v) is 20.3. The third-order valence-corrected chi connectivity index (χ3v) is 10.2. The van der Waals surface area contributed by atoms with Crippen molar-refractivity contribution in [1.82, 2.24) is 4.72 Å². The average Bonchev–Trinajstić information content (AvgIpc) is 2.73. The summed E-state index contributed by atoms with van der Waals surface area (Å²) >= 11 is 0. The lowest BCUT2D eigenvalue weighted by Crippen LogP contribution is -2.59. The van der Waals surface area contributed by atoms with Crippen LogP contribution in [0.5, 0.6) is 5.75 Å². The van der Waals surface area contributed by atoms with Crippen molar-refractivity contribution >= 4 is 25.7 Å². The van der Waals surface area contributed by atoms with Crippen molar-refractivity contribution in [2.45, 2.75) is 60.8 Å². The predicted molar refractivity (Wildman–Crippen MR) is 126 cm³/mol. The Morgan fingerprint density at radius 1 is 0.788 bits per heavy atom. The van der Waals surface area contributed by atoms with Gasteiger partial charge in [-0.2, -0.15) is 0 Å². The van der Waals surface area contributed by atoms with Crippen molar-refractivity contribution in [3.05, 3.63) is 48.5 Å². The standard InChI is InChI=1S/C24H30N2O5S2/c1-2-31-21-5-9-22(10-6-21)32(27,28)25-20-3-7-23(8-4-20)33(29,30)26-24-14-17-11-18(15-24)13-19(12-17)16-24/h3-10,17-19,25-26H,2,11-16H2,1H3. The Morgan fingerprint density at radius 2 is 1.27 bits per heavy atom. The van der Waals surface area contributed by atoms with Crippen molar-refractivity contribution in [3.63, 3.8) is 0 Å². The summed E-state index contributed by atoms with van der Waals surface area (Å²) in [6.07, 6.45) is 6.51. The fourth-order valence-corrected chi connectivity index (χ4v) is 8.87. The van der Waals surface area contributed by atoms with Crippen molar-refractivity contribution in [3.8, 4) is 5.75 Å². The lowest BCUT2D eigenvalue weighted by molar-refractivity contribution is -0.00810.